The van der Waals surface area contributed by atoms with Gasteiger partial charge in [0.15, 0.2) is 0 Å². The number of piperazine rings is 1. The lowest BCUT2D eigenvalue weighted by atomic mass is 10.1. The summed E-state index contributed by atoms with van der Waals surface area (Å²) in [5.41, 5.74) is 1.24. The van der Waals surface area contributed by atoms with E-state index in [1.807, 2.05) is 54.5 Å². The molecule has 1 aromatic heterocycles. The van der Waals surface area contributed by atoms with Crippen LogP contribution in [0.3, 0.4) is 0 Å². The zero-order valence-corrected chi connectivity index (χ0v) is 19.7. The second-order valence-corrected chi connectivity index (χ2v) is 10.9. The van der Waals surface area contributed by atoms with Gasteiger partial charge in [0.1, 0.15) is 0 Å². The molecular formula is C25H30N4O3S. The van der Waals surface area contributed by atoms with Gasteiger partial charge in [0.25, 0.3) is 0 Å². The number of rotatable bonds is 5. The van der Waals surface area contributed by atoms with Crippen LogP contribution in [-0.4, -0.2) is 72.3 Å². The van der Waals surface area contributed by atoms with E-state index in [1.165, 1.54) is 10.00 Å². The summed E-state index contributed by atoms with van der Waals surface area (Å²) in [5.74, 6) is 0.0823. The van der Waals surface area contributed by atoms with E-state index in [4.69, 9.17) is 0 Å². The fourth-order valence-corrected chi connectivity index (χ4v) is 6.56. The van der Waals surface area contributed by atoms with Crippen LogP contribution in [0.1, 0.15) is 24.6 Å². The number of likely N-dealkylation sites (tertiary alicyclic amines) is 1. The van der Waals surface area contributed by atoms with Crippen molar-refractivity contribution in [2.45, 2.75) is 23.8 Å². The molecule has 174 valence electrons. The second kappa shape index (κ2) is 8.93. The van der Waals surface area contributed by atoms with E-state index in [1.54, 1.807) is 12.1 Å². The Bertz CT molecular complexity index is 1260. The molecule has 7 nitrogen and oxygen atoms in total. The van der Waals surface area contributed by atoms with E-state index < -0.39 is 10.0 Å². The Morgan fingerprint density at radius 3 is 2.42 bits per heavy atom. The maximum atomic E-state index is 13.2. The minimum Gasteiger partial charge on any atom is -0.353 e. The second-order valence-electron chi connectivity index (χ2n) is 8.97. The summed E-state index contributed by atoms with van der Waals surface area (Å²) in [6, 6.07) is 17.4. The predicted molar refractivity (Wildman–Crippen MR) is 128 cm³/mol. The lowest BCUT2D eigenvalue weighted by Crippen LogP contribution is -2.52. The van der Waals surface area contributed by atoms with Crippen molar-refractivity contribution in [1.82, 2.24) is 18.7 Å². The van der Waals surface area contributed by atoms with Crippen LogP contribution in [0.2, 0.25) is 0 Å². The van der Waals surface area contributed by atoms with E-state index in [0.29, 0.717) is 37.6 Å². The number of carbonyl (C=O) groups is 1. The number of nitrogens with zero attached hydrogens (tertiary/aromatic N) is 4. The number of aromatic nitrogens is 1. The fourth-order valence-electron chi connectivity index (χ4n) is 5.10. The highest BCUT2D eigenvalue weighted by Gasteiger charge is 2.33. The molecular weight excluding hydrogens is 436 g/mol. The summed E-state index contributed by atoms with van der Waals surface area (Å²) >= 11 is 0. The standard InChI is InChI=1S/C25H30N4O3S/c1-26-12-4-8-23(26)24-9-5-13-28(24)19-25(30)27-14-16-29(17-15-27)33(31,32)22-11-10-20-6-2-3-7-21(20)18-22/h2-4,6-8,10-12,18,24H,5,9,13-17,19H2,1H3/t24-/m1/s1. The van der Waals surface area contributed by atoms with E-state index >= 15 is 0 Å². The van der Waals surface area contributed by atoms with Crippen molar-refractivity contribution < 1.29 is 13.2 Å². The topological polar surface area (TPSA) is 65.9 Å². The van der Waals surface area contributed by atoms with Crippen molar-refractivity contribution in [3.05, 3.63) is 66.5 Å². The van der Waals surface area contributed by atoms with E-state index in [2.05, 4.69) is 15.5 Å². The van der Waals surface area contributed by atoms with E-state index in [9.17, 15) is 13.2 Å². The van der Waals surface area contributed by atoms with Crippen LogP contribution < -0.4 is 0 Å². The van der Waals surface area contributed by atoms with Gasteiger partial charge in [-0.2, -0.15) is 4.31 Å². The minimum absolute atomic E-state index is 0.0823. The normalized spacial score (nSPS) is 20.5. The third kappa shape index (κ3) is 4.30. The highest BCUT2D eigenvalue weighted by Crippen LogP contribution is 2.31. The number of carbonyl (C=O) groups excluding carboxylic acids is 1. The molecule has 33 heavy (non-hydrogen) atoms. The number of fused-ring (bicyclic) bond motifs is 1. The molecule has 5 rings (SSSR count). The van der Waals surface area contributed by atoms with Crippen molar-refractivity contribution in [1.29, 1.82) is 0 Å². The van der Waals surface area contributed by atoms with Crippen LogP contribution in [0.15, 0.2) is 65.7 Å². The fraction of sp³-hybridized carbons (Fsp3) is 0.400. The molecule has 0 unspecified atom stereocenters. The van der Waals surface area contributed by atoms with Gasteiger partial charge in [0, 0.05) is 45.1 Å². The monoisotopic (exact) mass is 466 g/mol. The molecule has 1 atom stereocenters. The molecule has 0 aliphatic carbocycles. The molecule has 0 N–H and O–H groups in total. The van der Waals surface area contributed by atoms with Crippen LogP contribution in [0.5, 0.6) is 0 Å². The third-order valence-corrected chi connectivity index (χ3v) is 8.87. The number of aryl methyl sites for hydroxylation is 1. The van der Waals surface area contributed by atoms with Gasteiger partial charge in [-0.1, -0.05) is 30.3 Å². The maximum absolute atomic E-state index is 13.2. The van der Waals surface area contributed by atoms with Gasteiger partial charge in [0.05, 0.1) is 17.5 Å². The van der Waals surface area contributed by atoms with Crippen molar-refractivity contribution >= 4 is 26.7 Å². The van der Waals surface area contributed by atoms with Crippen molar-refractivity contribution in [3.8, 4) is 0 Å². The van der Waals surface area contributed by atoms with Crippen LogP contribution in [0.4, 0.5) is 0 Å². The Hall–Kier alpha value is -2.68. The first-order valence-electron chi connectivity index (χ1n) is 11.6. The molecule has 2 aliphatic heterocycles. The first-order valence-corrected chi connectivity index (χ1v) is 13.0. The quantitative estimate of drug-likeness (QED) is 0.580. The van der Waals surface area contributed by atoms with Gasteiger partial charge in [-0.3, -0.25) is 9.69 Å². The maximum Gasteiger partial charge on any atom is 0.243 e. The average molecular weight is 467 g/mol. The summed E-state index contributed by atoms with van der Waals surface area (Å²) in [4.78, 5) is 17.4. The predicted octanol–water partition coefficient (Wildman–Crippen LogP) is 2.85. The van der Waals surface area contributed by atoms with Crippen LogP contribution in [0, 0.1) is 0 Å². The molecule has 0 bridgehead atoms. The van der Waals surface area contributed by atoms with Crippen molar-refractivity contribution in [3.63, 3.8) is 0 Å². The van der Waals surface area contributed by atoms with Crippen LogP contribution in [0.25, 0.3) is 10.8 Å². The molecule has 3 heterocycles. The molecule has 3 aromatic rings. The molecule has 8 heteroatoms. The largest absolute Gasteiger partial charge is 0.353 e. The molecule has 2 aliphatic rings. The lowest BCUT2D eigenvalue weighted by Gasteiger charge is -2.35. The van der Waals surface area contributed by atoms with Gasteiger partial charge in [-0.05, 0) is 54.4 Å². The van der Waals surface area contributed by atoms with Crippen LogP contribution in [-0.2, 0) is 21.9 Å². The van der Waals surface area contributed by atoms with Gasteiger partial charge in [-0.25, -0.2) is 8.42 Å². The first-order chi connectivity index (χ1) is 15.9. The number of benzene rings is 2. The number of amides is 1. The molecule has 2 fully saturated rings. The number of sulfonamides is 1. The smallest absolute Gasteiger partial charge is 0.243 e. The average Bonchev–Trinajstić information content (AvgIpc) is 3.47. The molecule has 2 aromatic carbocycles. The minimum atomic E-state index is -3.59. The molecule has 1 amide bonds. The third-order valence-electron chi connectivity index (χ3n) is 6.98. The Labute approximate surface area is 195 Å². The molecule has 0 radical (unpaired) electrons. The van der Waals surface area contributed by atoms with Crippen LogP contribution >= 0.6 is 0 Å². The van der Waals surface area contributed by atoms with Gasteiger partial charge in [0.2, 0.25) is 15.9 Å². The Kier molecular flexibility index (Phi) is 5.99. The number of hydrogen-bond donors (Lipinski definition) is 0. The van der Waals surface area contributed by atoms with Gasteiger partial charge >= 0.3 is 0 Å². The number of hydrogen-bond acceptors (Lipinski definition) is 4. The van der Waals surface area contributed by atoms with E-state index in [0.717, 1.165) is 30.2 Å². The van der Waals surface area contributed by atoms with Gasteiger partial charge in [-0.15, -0.1) is 0 Å². The summed E-state index contributed by atoms with van der Waals surface area (Å²) in [6.45, 7) is 2.79. The summed E-state index contributed by atoms with van der Waals surface area (Å²) in [7, 11) is -1.54. The summed E-state index contributed by atoms with van der Waals surface area (Å²) in [5, 5.41) is 1.92. The van der Waals surface area contributed by atoms with Gasteiger partial charge < -0.3 is 9.47 Å². The summed E-state index contributed by atoms with van der Waals surface area (Å²) in [6.07, 6.45) is 4.19. The SMILES string of the molecule is Cn1cccc1[C@H]1CCCN1CC(=O)N1CCN(S(=O)(=O)c2ccc3ccccc3c2)CC1. The van der Waals surface area contributed by atoms with Crippen molar-refractivity contribution in [2.24, 2.45) is 7.05 Å². The Morgan fingerprint density at radius 1 is 0.939 bits per heavy atom. The molecule has 0 spiro atoms. The molecule has 2 saturated heterocycles. The zero-order chi connectivity index (χ0) is 23.0. The first kappa shape index (κ1) is 22.1. The highest BCUT2D eigenvalue weighted by atomic mass is 32.2. The summed E-state index contributed by atoms with van der Waals surface area (Å²) < 4.78 is 30.0. The van der Waals surface area contributed by atoms with Crippen molar-refractivity contribution in [2.75, 3.05) is 39.3 Å². The van der Waals surface area contributed by atoms with E-state index in [-0.39, 0.29) is 11.9 Å². The lowest BCUT2D eigenvalue weighted by molar-refractivity contribution is -0.133. The zero-order valence-electron chi connectivity index (χ0n) is 18.9. The Morgan fingerprint density at radius 2 is 1.70 bits per heavy atom. The highest BCUT2D eigenvalue weighted by molar-refractivity contribution is 7.89. The molecule has 0 saturated carbocycles. The Balaban J connectivity index is 1.22.